The first-order chi connectivity index (χ1) is 10.9. The Labute approximate surface area is 137 Å². The van der Waals surface area contributed by atoms with Gasteiger partial charge in [-0.3, -0.25) is 9.79 Å². The summed E-state index contributed by atoms with van der Waals surface area (Å²) in [6, 6.07) is 0. The van der Waals surface area contributed by atoms with Crippen molar-refractivity contribution in [3.63, 3.8) is 0 Å². The van der Waals surface area contributed by atoms with E-state index in [4.69, 9.17) is 16.2 Å². The van der Waals surface area contributed by atoms with E-state index in [1.807, 2.05) is 0 Å². The van der Waals surface area contributed by atoms with E-state index < -0.39 is 0 Å². The molecule has 0 aliphatic rings. The lowest BCUT2D eigenvalue weighted by molar-refractivity contribution is -0.104. The number of aldehydes is 1. The number of hydrogen-bond donors (Lipinski definition) is 4. The molecule has 6 N–H and O–H groups in total. The predicted octanol–water partition coefficient (Wildman–Crippen LogP) is 1.14. The quantitative estimate of drug-likeness (QED) is 0.0859. The van der Waals surface area contributed by atoms with Crippen LogP contribution in [-0.2, 0) is 9.53 Å². The van der Waals surface area contributed by atoms with Crippen LogP contribution in [0.15, 0.2) is 40.8 Å². The predicted molar refractivity (Wildman–Crippen MR) is 93.0 cm³/mol. The van der Waals surface area contributed by atoms with Gasteiger partial charge in [-0.25, -0.2) is 0 Å². The summed E-state index contributed by atoms with van der Waals surface area (Å²) >= 11 is 0. The van der Waals surface area contributed by atoms with Gasteiger partial charge >= 0.3 is 0 Å². The Kier molecular flexibility index (Phi) is 11.3. The van der Waals surface area contributed by atoms with Crippen LogP contribution in [0.25, 0.3) is 0 Å². The van der Waals surface area contributed by atoms with Crippen LogP contribution in [0, 0.1) is 0 Å². The van der Waals surface area contributed by atoms with Gasteiger partial charge in [0.1, 0.15) is 6.29 Å². The molecule has 1 unspecified atom stereocenters. The minimum absolute atomic E-state index is 0.0474. The van der Waals surface area contributed by atoms with Crippen LogP contribution in [0.4, 0.5) is 0 Å². The van der Waals surface area contributed by atoms with Crippen LogP contribution in [0.5, 0.6) is 0 Å². The van der Waals surface area contributed by atoms with Crippen molar-refractivity contribution in [2.24, 2.45) is 16.5 Å². The fourth-order valence-corrected chi connectivity index (χ4v) is 1.71. The van der Waals surface area contributed by atoms with E-state index in [9.17, 15) is 9.90 Å². The Morgan fingerprint density at radius 3 is 2.78 bits per heavy atom. The molecule has 0 saturated heterocycles. The second kappa shape index (κ2) is 12.4. The van der Waals surface area contributed by atoms with Gasteiger partial charge in [-0.1, -0.05) is 12.7 Å². The van der Waals surface area contributed by atoms with Crippen LogP contribution in [-0.4, -0.2) is 43.7 Å². The molecule has 0 spiro atoms. The number of aliphatic hydroxyl groups is 1. The minimum Gasteiger partial charge on any atom is -0.512 e. The first-order valence-corrected chi connectivity index (χ1v) is 7.43. The Hall–Kier alpha value is -2.12. The molecule has 7 heteroatoms. The molecular weight excluding hydrogens is 296 g/mol. The van der Waals surface area contributed by atoms with Crippen molar-refractivity contribution in [2.45, 2.75) is 32.3 Å². The summed E-state index contributed by atoms with van der Waals surface area (Å²) in [5.41, 5.74) is 12.3. The second-order valence-corrected chi connectivity index (χ2v) is 5.05. The van der Waals surface area contributed by atoms with Crippen molar-refractivity contribution >= 4 is 12.2 Å². The highest BCUT2D eigenvalue weighted by molar-refractivity contribution is 5.79. The van der Waals surface area contributed by atoms with Crippen molar-refractivity contribution in [3.05, 3.63) is 35.8 Å². The van der Waals surface area contributed by atoms with E-state index in [2.05, 4.69) is 16.9 Å². The number of carbonyl (C=O) groups excluding carboxylic acids is 1. The van der Waals surface area contributed by atoms with Crippen molar-refractivity contribution < 1.29 is 14.6 Å². The first kappa shape index (κ1) is 20.9. The average molecular weight is 324 g/mol. The molecule has 130 valence electrons. The zero-order chi connectivity index (χ0) is 17.7. The topological polar surface area (TPSA) is 123 Å². The SMILES string of the molecule is C=C(C=O)/C=C(/O)C/C=C(\C)NC(N)=NCCCC(CN)OC. The number of guanidine groups is 1. The lowest BCUT2D eigenvalue weighted by Crippen LogP contribution is -2.30. The number of aliphatic imine (C=N–C) groups is 1. The number of methoxy groups -OCH3 is 1. The largest absolute Gasteiger partial charge is 0.512 e. The third-order valence-electron chi connectivity index (χ3n) is 3.01. The van der Waals surface area contributed by atoms with Crippen LogP contribution < -0.4 is 16.8 Å². The van der Waals surface area contributed by atoms with E-state index in [0.717, 1.165) is 18.5 Å². The first-order valence-electron chi connectivity index (χ1n) is 7.43. The van der Waals surface area contributed by atoms with Crippen molar-refractivity contribution in [1.29, 1.82) is 0 Å². The maximum absolute atomic E-state index is 10.4. The standard InChI is InChI=1S/C16H28N4O3/c1-12(11-21)9-14(22)7-6-13(2)20-16(18)19-8-4-5-15(10-17)23-3/h6,9,11,15,22H,1,4-5,7-8,10,17H2,2-3H3,(H3,18,19,20)/b13-6+,14-9+. The third kappa shape index (κ3) is 11.1. The maximum Gasteiger partial charge on any atom is 0.192 e. The van der Waals surface area contributed by atoms with E-state index in [-0.39, 0.29) is 23.9 Å². The molecule has 0 aliphatic carbocycles. The van der Waals surface area contributed by atoms with Crippen LogP contribution >= 0.6 is 0 Å². The van der Waals surface area contributed by atoms with Gasteiger partial charge in [-0.2, -0.15) is 0 Å². The molecule has 0 aromatic heterocycles. The molecule has 0 fully saturated rings. The van der Waals surface area contributed by atoms with Gasteiger partial charge in [-0.15, -0.1) is 0 Å². The summed E-state index contributed by atoms with van der Waals surface area (Å²) in [5, 5.41) is 12.5. The smallest absolute Gasteiger partial charge is 0.192 e. The number of rotatable bonds is 11. The highest BCUT2D eigenvalue weighted by Crippen LogP contribution is 2.03. The van der Waals surface area contributed by atoms with Gasteiger partial charge in [0.05, 0.1) is 11.9 Å². The molecule has 0 aliphatic heterocycles. The fourth-order valence-electron chi connectivity index (χ4n) is 1.71. The molecular formula is C16H28N4O3. The number of hydrogen-bond acceptors (Lipinski definition) is 5. The third-order valence-corrected chi connectivity index (χ3v) is 3.01. The Balaban J connectivity index is 4.22. The van der Waals surface area contributed by atoms with Crippen LogP contribution in [0.3, 0.4) is 0 Å². The zero-order valence-electron chi connectivity index (χ0n) is 13.9. The summed E-state index contributed by atoms with van der Waals surface area (Å²) in [5.74, 6) is 0.354. The highest BCUT2D eigenvalue weighted by Gasteiger charge is 2.03. The molecule has 0 radical (unpaired) electrons. The van der Waals surface area contributed by atoms with Gasteiger partial charge in [0, 0.05) is 37.9 Å². The van der Waals surface area contributed by atoms with Crippen molar-refractivity contribution in [2.75, 3.05) is 20.2 Å². The number of aliphatic hydroxyl groups excluding tert-OH is 1. The summed E-state index contributed by atoms with van der Waals surface area (Å²) in [4.78, 5) is 14.6. The Morgan fingerprint density at radius 2 is 2.22 bits per heavy atom. The molecule has 23 heavy (non-hydrogen) atoms. The molecule has 1 atom stereocenters. The van der Waals surface area contributed by atoms with Gasteiger partial charge in [0.15, 0.2) is 5.96 Å². The van der Waals surface area contributed by atoms with E-state index in [1.165, 1.54) is 6.08 Å². The summed E-state index contributed by atoms with van der Waals surface area (Å²) in [6.45, 7) is 6.33. The van der Waals surface area contributed by atoms with Crippen molar-refractivity contribution in [3.8, 4) is 0 Å². The van der Waals surface area contributed by atoms with Gasteiger partial charge < -0.3 is 26.6 Å². The summed E-state index contributed by atoms with van der Waals surface area (Å²) in [6.07, 6.45) is 5.62. The van der Waals surface area contributed by atoms with Gasteiger partial charge in [0.2, 0.25) is 0 Å². The normalized spacial score (nSPS) is 14.5. The van der Waals surface area contributed by atoms with E-state index in [0.29, 0.717) is 25.3 Å². The van der Waals surface area contributed by atoms with Gasteiger partial charge in [0.25, 0.3) is 0 Å². The molecule has 0 saturated carbocycles. The molecule has 0 rings (SSSR count). The number of carbonyl (C=O) groups is 1. The lowest BCUT2D eigenvalue weighted by Gasteiger charge is -2.11. The molecule has 7 nitrogen and oxygen atoms in total. The van der Waals surface area contributed by atoms with Crippen molar-refractivity contribution in [1.82, 2.24) is 5.32 Å². The number of nitrogens with two attached hydrogens (primary N) is 2. The van der Waals surface area contributed by atoms with E-state index >= 15 is 0 Å². The van der Waals surface area contributed by atoms with Crippen LogP contribution in [0.1, 0.15) is 26.2 Å². The average Bonchev–Trinajstić information content (AvgIpc) is 2.53. The van der Waals surface area contributed by atoms with Gasteiger partial charge in [-0.05, 0) is 25.8 Å². The number of nitrogens with one attached hydrogen (secondary N) is 1. The summed E-state index contributed by atoms with van der Waals surface area (Å²) < 4.78 is 5.17. The highest BCUT2D eigenvalue weighted by atomic mass is 16.5. The molecule has 0 heterocycles. The van der Waals surface area contributed by atoms with E-state index in [1.54, 1.807) is 20.1 Å². The lowest BCUT2D eigenvalue weighted by atomic mass is 10.2. The maximum atomic E-state index is 10.4. The minimum atomic E-state index is 0.0474. The second-order valence-electron chi connectivity index (χ2n) is 5.05. The molecule has 0 bridgehead atoms. The summed E-state index contributed by atoms with van der Waals surface area (Å²) in [7, 11) is 1.64. The fraction of sp³-hybridized carbons (Fsp3) is 0.500. The molecule has 0 aromatic carbocycles. The zero-order valence-corrected chi connectivity index (χ0v) is 13.9. The van der Waals surface area contributed by atoms with Crippen LogP contribution in [0.2, 0.25) is 0 Å². The number of nitrogens with zero attached hydrogens (tertiary/aromatic N) is 1. The molecule has 0 amide bonds. The molecule has 0 aromatic rings. The Bertz CT molecular complexity index is 466. The number of allylic oxidation sites excluding steroid dienone is 4. The Morgan fingerprint density at radius 1 is 1.52 bits per heavy atom. The number of ether oxygens (including phenoxy) is 1. The monoisotopic (exact) mass is 324 g/mol.